The zero-order valence-corrected chi connectivity index (χ0v) is 15.2. The minimum absolute atomic E-state index is 0.0527. The molecular weight excluding hydrogens is 290 g/mol. The van der Waals surface area contributed by atoms with Gasteiger partial charge in [0.1, 0.15) is 12.2 Å². The molecule has 2 heterocycles. The van der Waals surface area contributed by atoms with Crippen molar-refractivity contribution in [2.75, 3.05) is 26.2 Å². The van der Waals surface area contributed by atoms with Crippen molar-refractivity contribution in [2.45, 2.75) is 59.5 Å². The van der Waals surface area contributed by atoms with Gasteiger partial charge in [-0.3, -0.25) is 9.69 Å². The predicted octanol–water partition coefficient (Wildman–Crippen LogP) is 2.11. The van der Waals surface area contributed by atoms with Gasteiger partial charge in [-0.2, -0.15) is 5.10 Å². The second-order valence-corrected chi connectivity index (χ2v) is 7.32. The van der Waals surface area contributed by atoms with Gasteiger partial charge in [-0.15, -0.1) is 0 Å². The summed E-state index contributed by atoms with van der Waals surface area (Å²) in [7, 11) is 0. The number of carbonyl (C=O) groups excluding carboxylic acids is 1. The van der Waals surface area contributed by atoms with E-state index in [9.17, 15) is 4.79 Å². The van der Waals surface area contributed by atoms with E-state index in [1.165, 1.54) is 0 Å². The van der Waals surface area contributed by atoms with E-state index in [0.29, 0.717) is 5.91 Å². The summed E-state index contributed by atoms with van der Waals surface area (Å²) < 4.78 is 2.00. The first kappa shape index (κ1) is 17.9. The lowest BCUT2D eigenvalue weighted by Crippen LogP contribution is -2.42. The third kappa shape index (κ3) is 4.31. The van der Waals surface area contributed by atoms with Gasteiger partial charge in [0.2, 0.25) is 5.91 Å². The summed E-state index contributed by atoms with van der Waals surface area (Å²) in [5.41, 5.74) is -0.0527. The molecule has 0 spiro atoms. The molecule has 2 rings (SSSR count). The predicted molar refractivity (Wildman–Crippen MR) is 90.9 cm³/mol. The van der Waals surface area contributed by atoms with Crippen LogP contribution < -0.4 is 0 Å². The Balaban J connectivity index is 1.91. The van der Waals surface area contributed by atoms with Crippen LogP contribution in [0.4, 0.5) is 0 Å². The third-order valence-electron chi connectivity index (χ3n) is 4.63. The third-order valence-corrected chi connectivity index (χ3v) is 4.63. The van der Waals surface area contributed by atoms with E-state index in [-0.39, 0.29) is 11.5 Å². The van der Waals surface area contributed by atoms with Gasteiger partial charge < -0.3 is 4.90 Å². The first-order valence-corrected chi connectivity index (χ1v) is 8.77. The molecule has 1 amide bonds. The number of aromatic nitrogens is 3. The van der Waals surface area contributed by atoms with Crippen molar-refractivity contribution in [3.63, 3.8) is 0 Å². The summed E-state index contributed by atoms with van der Waals surface area (Å²) in [5, 5.41) is 4.36. The lowest BCUT2D eigenvalue weighted by molar-refractivity contribution is -0.136. The topological polar surface area (TPSA) is 54.3 Å². The fraction of sp³-hybridized carbons (Fsp3) is 0.824. The van der Waals surface area contributed by atoms with Gasteiger partial charge in [0.05, 0.1) is 12.1 Å². The van der Waals surface area contributed by atoms with Crippen molar-refractivity contribution >= 4 is 5.91 Å². The van der Waals surface area contributed by atoms with Crippen molar-refractivity contribution in [1.82, 2.24) is 24.6 Å². The highest BCUT2D eigenvalue weighted by atomic mass is 16.2. The van der Waals surface area contributed by atoms with E-state index in [1.54, 1.807) is 6.33 Å². The maximum Gasteiger partial charge on any atom is 0.225 e. The Morgan fingerprint density at radius 1 is 1.26 bits per heavy atom. The van der Waals surface area contributed by atoms with Gasteiger partial charge in [0, 0.05) is 19.0 Å². The van der Waals surface area contributed by atoms with E-state index >= 15 is 0 Å². The standard InChI is InChI=1S/C17H31N5O/c1-6-21(7-2)16(23)14-8-10-20(11-9-14)12-15-18-13-19-22(15)17(3,4)5/h13-14H,6-12H2,1-5H3. The van der Waals surface area contributed by atoms with Crippen LogP contribution in [0.2, 0.25) is 0 Å². The Bertz CT molecular complexity index is 507. The van der Waals surface area contributed by atoms with Crippen molar-refractivity contribution in [2.24, 2.45) is 5.92 Å². The van der Waals surface area contributed by atoms with Crippen LogP contribution in [0.5, 0.6) is 0 Å². The number of rotatable bonds is 5. The lowest BCUT2D eigenvalue weighted by Gasteiger charge is -2.34. The molecule has 0 unspecified atom stereocenters. The number of nitrogens with zero attached hydrogens (tertiary/aromatic N) is 5. The zero-order chi connectivity index (χ0) is 17.0. The number of hydrogen-bond donors (Lipinski definition) is 0. The highest BCUT2D eigenvalue weighted by molar-refractivity contribution is 5.78. The molecule has 1 aliphatic heterocycles. The van der Waals surface area contributed by atoms with Crippen LogP contribution in [0.3, 0.4) is 0 Å². The first-order valence-electron chi connectivity index (χ1n) is 8.77. The Hall–Kier alpha value is -1.43. The molecular formula is C17H31N5O. The quantitative estimate of drug-likeness (QED) is 0.833. The van der Waals surface area contributed by atoms with Crippen molar-refractivity contribution in [3.8, 4) is 0 Å². The van der Waals surface area contributed by atoms with E-state index in [4.69, 9.17) is 0 Å². The molecule has 1 aromatic heterocycles. The first-order chi connectivity index (χ1) is 10.9. The molecule has 0 radical (unpaired) electrons. The number of piperidine rings is 1. The Kier molecular flexibility index (Phi) is 5.79. The molecule has 0 atom stereocenters. The monoisotopic (exact) mass is 321 g/mol. The molecule has 1 aromatic rings. The van der Waals surface area contributed by atoms with Crippen LogP contribution in [0.25, 0.3) is 0 Å². The molecule has 0 aromatic carbocycles. The summed E-state index contributed by atoms with van der Waals surface area (Å²) in [6, 6.07) is 0. The van der Waals surface area contributed by atoms with Crippen molar-refractivity contribution in [1.29, 1.82) is 0 Å². The van der Waals surface area contributed by atoms with E-state index in [2.05, 4.69) is 49.6 Å². The van der Waals surface area contributed by atoms with Gasteiger partial charge in [-0.05, 0) is 60.5 Å². The van der Waals surface area contributed by atoms with E-state index in [0.717, 1.165) is 51.4 Å². The van der Waals surface area contributed by atoms with Crippen LogP contribution in [0, 0.1) is 5.92 Å². The molecule has 130 valence electrons. The number of amides is 1. The maximum atomic E-state index is 12.5. The van der Waals surface area contributed by atoms with Crippen LogP contribution in [-0.2, 0) is 16.9 Å². The molecule has 0 aliphatic carbocycles. The summed E-state index contributed by atoms with van der Waals surface area (Å²) in [6.07, 6.45) is 3.52. The lowest BCUT2D eigenvalue weighted by atomic mass is 9.95. The molecule has 6 nitrogen and oxygen atoms in total. The Morgan fingerprint density at radius 3 is 2.39 bits per heavy atom. The average molecular weight is 321 g/mol. The molecule has 0 N–H and O–H groups in total. The largest absolute Gasteiger partial charge is 0.343 e. The molecule has 0 bridgehead atoms. The van der Waals surface area contributed by atoms with Crippen molar-refractivity contribution in [3.05, 3.63) is 12.2 Å². The highest BCUT2D eigenvalue weighted by Crippen LogP contribution is 2.22. The van der Waals surface area contributed by atoms with E-state index in [1.807, 2.05) is 9.58 Å². The summed E-state index contributed by atoms with van der Waals surface area (Å²) in [6.45, 7) is 14.9. The molecule has 23 heavy (non-hydrogen) atoms. The SMILES string of the molecule is CCN(CC)C(=O)C1CCN(Cc2ncnn2C(C)(C)C)CC1. The highest BCUT2D eigenvalue weighted by Gasteiger charge is 2.28. The summed E-state index contributed by atoms with van der Waals surface area (Å²) in [5.74, 6) is 1.52. The second kappa shape index (κ2) is 7.43. The summed E-state index contributed by atoms with van der Waals surface area (Å²) >= 11 is 0. The van der Waals surface area contributed by atoms with Gasteiger partial charge in [0.25, 0.3) is 0 Å². The molecule has 1 saturated heterocycles. The number of carbonyl (C=O) groups is 1. The van der Waals surface area contributed by atoms with Gasteiger partial charge in [-0.25, -0.2) is 9.67 Å². The maximum absolute atomic E-state index is 12.5. The minimum atomic E-state index is -0.0527. The zero-order valence-electron chi connectivity index (χ0n) is 15.2. The van der Waals surface area contributed by atoms with Crippen LogP contribution >= 0.6 is 0 Å². The fourth-order valence-corrected chi connectivity index (χ4v) is 3.27. The summed E-state index contributed by atoms with van der Waals surface area (Å²) in [4.78, 5) is 21.2. The number of hydrogen-bond acceptors (Lipinski definition) is 4. The molecule has 0 saturated carbocycles. The Morgan fingerprint density at radius 2 is 1.87 bits per heavy atom. The normalized spacial score (nSPS) is 17.4. The molecule has 6 heteroatoms. The number of likely N-dealkylation sites (tertiary alicyclic amines) is 1. The average Bonchev–Trinajstić information content (AvgIpc) is 2.97. The van der Waals surface area contributed by atoms with Crippen LogP contribution in [-0.4, -0.2) is 56.7 Å². The van der Waals surface area contributed by atoms with Crippen LogP contribution in [0.1, 0.15) is 53.3 Å². The van der Waals surface area contributed by atoms with Crippen molar-refractivity contribution < 1.29 is 4.79 Å². The van der Waals surface area contributed by atoms with Crippen LogP contribution in [0.15, 0.2) is 6.33 Å². The molecule has 1 aliphatic rings. The molecule has 1 fully saturated rings. The second-order valence-electron chi connectivity index (χ2n) is 7.32. The smallest absolute Gasteiger partial charge is 0.225 e. The Labute approximate surface area is 139 Å². The van der Waals surface area contributed by atoms with Gasteiger partial charge in [0.15, 0.2) is 0 Å². The van der Waals surface area contributed by atoms with Gasteiger partial charge >= 0.3 is 0 Å². The van der Waals surface area contributed by atoms with Gasteiger partial charge in [-0.1, -0.05) is 0 Å². The minimum Gasteiger partial charge on any atom is -0.343 e. The fourth-order valence-electron chi connectivity index (χ4n) is 3.27. The van der Waals surface area contributed by atoms with E-state index < -0.39 is 0 Å².